The van der Waals surface area contributed by atoms with Crippen LogP contribution in [0.3, 0.4) is 0 Å². The van der Waals surface area contributed by atoms with Crippen LogP contribution in [0.15, 0.2) is 21.9 Å². The molecule has 2 N–H and O–H groups in total. The van der Waals surface area contributed by atoms with Crippen molar-refractivity contribution in [2.45, 2.75) is 22.6 Å². The Balaban J connectivity index is 2.26. The summed E-state index contributed by atoms with van der Waals surface area (Å²) >= 11 is 1.29. The van der Waals surface area contributed by atoms with E-state index in [4.69, 9.17) is 9.32 Å². The first-order valence-corrected chi connectivity index (χ1v) is 11.1. The van der Waals surface area contributed by atoms with E-state index in [-0.39, 0.29) is 23.1 Å². The van der Waals surface area contributed by atoms with E-state index in [9.17, 15) is 26.9 Å². The van der Waals surface area contributed by atoms with Gasteiger partial charge in [-0.2, -0.15) is 8.42 Å². The molecule has 9 nitrogen and oxygen atoms in total. The summed E-state index contributed by atoms with van der Waals surface area (Å²) in [6.07, 6.45) is 1.72. The predicted octanol–water partition coefficient (Wildman–Crippen LogP) is 0.873. The molecule has 24 heavy (non-hydrogen) atoms. The number of benzene rings is 1. The number of fused-ring (bicyclic) bond motifs is 1. The first kappa shape index (κ1) is 19.1. The molecular formula is C12H16N2O7S3. The number of hydrogen-bond donors (Lipinski definition) is 1. The maximum Gasteiger partial charge on any atom is 0.275 e. The van der Waals surface area contributed by atoms with Gasteiger partial charge < -0.3 is 0 Å². The van der Waals surface area contributed by atoms with E-state index in [1.165, 1.54) is 17.8 Å². The van der Waals surface area contributed by atoms with E-state index < -0.39 is 25.1 Å². The maximum atomic E-state index is 11.5. The molecule has 1 aromatic rings. The normalized spacial score (nSPS) is 18.2. The van der Waals surface area contributed by atoms with Crippen LogP contribution in [0.5, 0.6) is 0 Å². The van der Waals surface area contributed by atoms with Crippen LogP contribution < -0.4 is 5.14 Å². The van der Waals surface area contributed by atoms with Gasteiger partial charge in [0, 0.05) is 22.3 Å². The highest BCUT2D eigenvalue weighted by Crippen LogP contribution is 2.40. The van der Waals surface area contributed by atoms with E-state index in [0.717, 1.165) is 12.3 Å². The molecule has 0 amide bonds. The number of nitrogens with zero attached hydrogens (tertiary/aromatic N) is 1. The van der Waals surface area contributed by atoms with Crippen LogP contribution >= 0.6 is 11.8 Å². The Labute approximate surface area is 143 Å². The van der Waals surface area contributed by atoms with Crippen molar-refractivity contribution < 1.29 is 25.9 Å². The molecule has 1 aliphatic rings. The molecule has 1 aliphatic heterocycles. The fourth-order valence-electron chi connectivity index (χ4n) is 2.37. The van der Waals surface area contributed by atoms with E-state index in [2.05, 4.69) is 0 Å². The van der Waals surface area contributed by atoms with Gasteiger partial charge >= 0.3 is 0 Å². The molecule has 2 rings (SSSR count). The molecule has 0 fully saturated rings. The molecule has 0 saturated carbocycles. The second-order valence-corrected chi connectivity index (χ2v) is 9.68. The van der Waals surface area contributed by atoms with Gasteiger partial charge in [-0.1, -0.05) is 0 Å². The lowest BCUT2D eigenvalue weighted by Gasteiger charge is -2.24. The van der Waals surface area contributed by atoms with Crippen molar-refractivity contribution in [1.29, 1.82) is 0 Å². The summed E-state index contributed by atoms with van der Waals surface area (Å²) in [5.41, 5.74) is 0.144. The molecule has 1 heterocycles. The number of rotatable bonds is 6. The fraction of sp³-hybridized carbons (Fsp3) is 0.500. The standard InChI is InChI=1S/C12H16N2O7S3/c1-23(17,18)21-3-2-8-4-10-11(14(15)16)5-9(24(13,19)20)6-12(10)22-7-8/h5-6,8H,2-4,7H2,1H3,(H2,13,19,20)/t8-/m0/s1. The summed E-state index contributed by atoms with van der Waals surface area (Å²) in [4.78, 5) is 10.8. The Morgan fingerprint density at radius 2 is 2.04 bits per heavy atom. The molecule has 0 spiro atoms. The van der Waals surface area contributed by atoms with Crippen LogP contribution in [0, 0.1) is 16.0 Å². The van der Waals surface area contributed by atoms with E-state index >= 15 is 0 Å². The monoisotopic (exact) mass is 396 g/mol. The second-order valence-electron chi connectivity index (χ2n) is 5.42. The minimum absolute atomic E-state index is 0.00243. The molecule has 12 heteroatoms. The molecule has 0 aromatic heterocycles. The third kappa shape index (κ3) is 4.89. The molecular weight excluding hydrogens is 380 g/mol. The molecule has 0 unspecified atom stereocenters. The summed E-state index contributed by atoms with van der Waals surface area (Å²) in [6, 6.07) is 2.30. The van der Waals surface area contributed by atoms with Crippen LogP contribution in [0.1, 0.15) is 12.0 Å². The van der Waals surface area contributed by atoms with E-state index in [0.29, 0.717) is 29.1 Å². The average molecular weight is 396 g/mol. The average Bonchev–Trinajstić information content (AvgIpc) is 2.43. The van der Waals surface area contributed by atoms with Crippen molar-refractivity contribution in [3.05, 3.63) is 27.8 Å². The number of sulfonamides is 1. The van der Waals surface area contributed by atoms with Gasteiger partial charge in [0.25, 0.3) is 15.8 Å². The van der Waals surface area contributed by atoms with Crippen molar-refractivity contribution >= 4 is 37.6 Å². The molecule has 0 bridgehead atoms. The Morgan fingerprint density at radius 1 is 1.38 bits per heavy atom. The second kappa shape index (κ2) is 6.96. The SMILES string of the molecule is CS(=O)(=O)OCC[C@@H]1CSc2cc(S(N)(=O)=O)cc([N+](=O)[O-])c2C1. The highest BCUT2D eigenvalue weighted by atomic mass is 32.2. The number of thioether (sulfide) groups is 1. The fourth-order valence-corrected chi connectivity index (χ4v) is 4.68. The lowest BCUT2D eigenvalue weighted by atomic mass is 9.96. The molecule has 1 aromatic carbocycles. The lowest BCUT2D eigenvalue weighted by molar-refractivity contribution is -0.386. The molecule has 0 saturated heterocycles. The number of nitro groups is 1. The van der Waals surface area contributed by atoms with Crippen molar-refractivity contribution in [3.63, 3.8) is 0 Å². The Morgan fingerprint density at radius 3 is 2.58 bits per heavy atom. The van der Waals surface area contributed by atoms with Gasteiger partial charge in [-0.05, 0) is 24.8 Å². The largest absolute Gasteiger partial charge is 0.275 e. The minimum Gasteiger partial charge on any atom is -0.270 e. The van der Waals surface area contributed by atoms with Gasteiger partial charge in [0.2, 0.25) is 10.0 Å². The van der Waals surface area contributed by atoms with Crippen LogP contribution in [-0.4, -0.2) is 40.4 Å². The number of hydrogen-bond acceptors (Lipinski definition) is 8. The lowest BCUT2D eigenvalue weighted by Crippen LogP contribution is -2.19. The third-order valence-corrected chi connectivity index (χ3v) is 6.28. The summed E-state index contributed by atoms with van der Waals surface area (Å²) in [5, 5.41) is 16.3. The summed E-state index contributed by atoms with van der Waals surface area (Å²) < 4.78 is 49.5. The summed E-state index contributed by atoms with van der Waals surface area (Å²) in [7, 11) is -7.57. The van der Waals surface area contributed by atoms with Crippen molar-refractivity contribution in [2.24, 2.45) is 11.1 Å². The van der Waals surface area contributed by atoms with Crippen LogP contribution in [0.25, 0.3) is 0 Å². The molecule has 0 aliphatic carbocycles. The van der Waals surface area contributed by atoms with Crippen LogP contribution in [0.2, 0.25) is 0 Å². The van der Waals surface area contributed by atoms with Gasteiger partial charge in [-0.25, -0.2) is 13.6 Å². The molecule has 134 valence electrons. The third-order valence-electron chi connectivity index (χ3n) is 3.48. The highest BCUT2D eigenvalue weighted by Gasteiger charge is 2.29. The van der Waals surface area contributed by atoms with E-state index in [1.807, 2.05) is 0 Å². The Bertz CT molecular complexity index is 865. The summed E-state index contributed by atoms with van der Waals surface area (Å²) in [5.74, 6) is 0.564. The zero-order chi connectivity index (χ0) is 18.1. The topological polar surface area (TPSA) is 147 Å². The minimum atomic E-state index is -4.04. The number of nitrogens with two attached hydrogens (primary N) is 1. The van der Waals surface area contributed by atoms with Gasteiger partial charge in [0.15, 0.2) is 0 Å². The zero-order valence-corrected chi connectivity index (χ0v) is 15.1. The predicted molar refractivity (Wildman–Crippen MR) is 87.8 cm³/mol. The Kier molecular flexibility index (Phi) is 5.54. The van der Waals surface area contributed by atoms with Crippen LogP contribution in [-0.2, 0) is 30.7 Å². The molecule has 1 atom stereocenters. The van der Waals surface area contributed by atoms with Crippen molar-refractivity contribution in [2.75, 3.05) is 18.6 Å². The number of primary sulfonamides is 1. The van der Waals surface area contributed by atoms with Gasteiger partial charge in [0.1, 0.15) is 0 Å². The van der Waals surface area contributed by atoms with Crippen molar-refractivity contribution in [1.82, 2.24) is 0 Å². The molecule has 0 radical (unpaired) electrons. The quantitative estimate of drug-likeness (QED) is 0.423. The van der Waals surface area contributed by atoms with E-state index in [1.54, 1.807) is 0 Å². The highest BCUT2D eigenvalue weighted by molar-refractivity contribution is 7.99. The van der Waals surface area contributed by atoms with Crippen molar-refractivity contribution in [3.8, 4) is 0 Å². The first-order valence-electron chi connectivity index (χ1n) is 6.78. The Hall–Kier alpha value is -1.21. The smallest absolute Gasteiger partial charge is 0.270 e. The van der Waals surface area contributed by atoms with Crippen LogP contribution in [0.4, 0.5) is 5.69 Å². The van der Waals surface area contributed by atoms with Gasteiger partial charge in [0.05, 0.1) is 22.7 Å². The van der Waals surface area contributed by atoms with Gasteiger partial charge in [-0.15, -0.1) is 11.8 Å². The summed E-state index contributed by atoms with van der Waals surface area (Å²) in [6.45, 7) is 0.00243. The maximum absolute atomic E-state index is 11.5. The van der Waals surface area contributed by atoms with Gasteiger partial charge in [-0.3, -0.25) is 14.3 Å². The first-order chi connectivity index (χ1) is 11.0. The zero-order valence-electron chi connectivity index (χ0n) is 12.7. The number of nitro benzene ring substituents is 1.